The molecular weight excluding hydrogens is 288 g/mol. The first-order valence-electron chi connectivity index (χ1n) is 6.50. The SMILES string of the molecule is COc1cc(OC)nc(N[C@H](C)Cn2c[c]c(C(N)=O)n2)n1. The second kappa shape index (κ2) is 6.74. The molecule has 1 radical (unpaired) electrons. The van der Waals surface area contributed by atoms with Gasteiger partial charge in [-0.2, -0.15) is 15.1 Å². The van der Waals surface area contributed by atoms with E-state index in [1.165, 1.54) is 14.2 Å². The van der Waals surface area contributed by atoms with Crippen LogP contribution in [0.2, 0.25) is 0 Å². The number of rotatable bonds is 7. The molecule has 2 rings (SSSR count). The quantitative estimate of drug-likeness (QED) is 0.744. The van der Waals surface area contributed by atoms with Gasteiger partial charge in [0.2, 0.25) is 17.7 Å². The molecule has 0 saturated carbocycles. The summed E-state index contributed by atoms with van der Waals surface area (Å²) >= 11 is 0. The molecule has 2 aromatic rings. The van der Waals surface area contributed by atoms with Crippen molar-refractivity contribution in [2.45, 2.75) is 19.5 Å². The summed E-state index contributed by atoms with van der Waals surface area (Å²) in [6.45, 7) is 2.40. The highest BCUT2D eigenvalue weighted by Crippen LogP contribution is 2.17. The lowest BCUT2D eigenvalue weighted by atomic mass is 10.3. The molecule has 9 nitrogen and oxygen atoms in total. The second-order valence-electron chi connectivity index (χ2n) is 4.53. The predicted octanol–water partition coefficient (Wildman–Crippen LogP) is 0.0900. The fourth-order valence-corrected chi connectivity index (χ4v) is 1.76. The number of anilines is 1. The Morgan fingerprint density at radius 1 is 1.41 bits per heavy atom. The van der Waals surface area contributed by atoms with Crippen molar-refractivity contribution in [2.75, 3.05) is 19.5 Å². The number of nitrogens with one attached hydrogen (secondary N) is 1. The lowest BCUT2D eigenvalue weighted by molar-refractivity contribution is 0.0994. The standard InChI is InChI=1S/C13H17N6O3/c1-8(7-19-5-4-9(18-19)12(14)20)15-13-16-10(21-2)6-11(17-13)22-3/h5-6,8H,7H2,1-3H3,(H2,14,20)(H,15,16,17)/t8-/m1/s1. The molecule has 0 aliphatic heterocycles. The van der Waals surface area contributed by atoms with Crippen LogP contribution in [0.5, 0.6) is 11.8 Å². The normalized spacial score (nSPS) is 11.8. The van der Waals surface area contributed by atoms with Gasteiger partial charge in [-0.05, 0) is 6.92 Å². The highest BCUT2D eigenvalue weighted by molar-refractivity contribution is 5.90. The Balaban J connectivity index is 2.04. The predicted molar refractivity (Wildman–Crippen MR) is 77.8 cm³/mol. The molecule has 0 unspecified atom stereocenters. The fourth-order valence-electron chi connectivity index (χ4n) is 1.76. The summed E-state index contributed by atoms with van der Waals surface area (Å²) < 4.78 is 11.7. The number of methoxy groups -OCH3 is 2. The van der Waals surface area contributed by atoms with Gasteiger partial charge in [0, 0.05) is 18.3 Å². The number of nitrogens with zero attached hydrogens (tertiary/aromatic N) is 4. The van der Waals surface area contributed by atoms with E-state index in [-0.39, 0.29) is 11.7 Å². The Labute approximate surface area is 127 Å². The maximum Gasteiger partial charge on any atom is 0.269 e. The molecule has 2 aromatic heterocycles. The molecule has 0 aliphatic rings. The Kier molecular flexibility index (Phi) is 4.77. The van der Waals surface area contributed by atoms with Gasteiger partial charge in [0.05, 0.1) is 26.8 Å². The van der Waals surface area contributed by atoms with Crippen LogP contribution in [0, 0.1) is 6.07 Å². The van der Waals surface area contributed by atoms with E-state index in [9.17, 15) is 4.79 Å². The number of ether oxygens (including phenoxy) is 2. The third kappa shape index (κ3) is 3.84. The summed E-state index contributed by atoms with van der Waals surface area (Å²) in [5, 5.41) is 7.12. The summed E-state index contributed by atoms with van der Waals surface area (Å²) in [5.41, 5.74) is 5.24. The van der Waals surface area contributed by atoms with Crippen LogP contribution in [-0.4, -0.2) is 45.9 Å². The molecule has 2 heterocycles. The second-order valence-corrected chi connectivity index (χ2v) is 4.53. The van der Waals surface area contributed by atoms with Crippen molar-refractivity contribution >= 4 is 11.9 Å². The smallest absolute Gasteiger partial charge is 0.269 e. The topological polar surface area (TPSA) is 117 Å². The van der Waals surface area contributed by atoms with Gasteiger partial charge in [-0.1, -0.05) is 0 Å². The fraction of sp³-hybridized carbons (Fsp3) is 0.385. The molecule has 22 heavy (non-hydrogen) atoms. The van der Waals surface area contributed by atoms with E-state index in [0.717, 1.165) is 0 Å². The number of amides is 1. The van der Waals surface area contributed by atoms with Crippen LogP contribution in [0.3, 0.4) is 0 Å². The van der Waals surface area contributed by atoms with Gasteiger partial charge in [0.1, 0.15) is 0 Å². The summed E-state index contributed by atoms with van der Waals surface area (Å²) in [6.07, 6.45) is 1.56. The molecule has 9 heteroatoms. The average molecular weight is 305 g/mol. The minimum atomic E-state index is -0.611. The highest BCUT2D eigenvalue weighted by Gasteiger charge is 2.11. The number of primary amides is 1. The molecular formula is C13H17N6O3. The van der Waals surface area contributed by atoms with Crippen molar-refractivity contribution in [3.8, 4) is 11.8 Å². The van der Waals surface area contributed by atoms with Crippen LogP contribution in [0.1, 0.15) is 17.4 Å². The van der Waals surface area contributed by atoms with Gasteiger partial charge in [0.15, 0.2) is 5.69 Å². The van der Waals surface area contributed by atoms with Crippen molar-refractivity contribution in [1.82, 2.24) is 19.7 Å². The lowest BCUT2D eigenvalue weighted by Crippen LogP contribution is -2.24. The van der Waals surface area contributed by atoms with E-state index >= 15 is 0 Å². The summed E-state index contributed by atoms with van der Waals surface area (Å²) in [7, 11) is 3.03. The Morgan fingerprint density at radius 3 is 2.55 bits per heavy atom. The third-order valence-electron chi connectivity index (χ3n) is 2.75. The van der Waals surface area contributed by atoms with E-state index in [2.05, 4.69) is 26.4 Å². The molecule has 0 bridgehead atoms. The van der Waals surface area contributed by atoms with Gasteiger partial charge in [-0.3, -0.25) is 9.48 Å². The van der Waals surface area contributed by atoms with Crippen LogP contribution in [-0.2, 0) is 6.54 Å². The average Bonchev–Trinajstić information content (AvgIpc) is 2.95. The zero-order valence-corrected chi connectivity index (χ0v) is 12.5. The minimum Gasteiger partial charge on any atom is -0.481 e. The Bertz CT molecular complexity index is 635. The Morgan fingerprint density at radius 2 is 2.05 bits per heavy atom. The first-order valence-corrected chi connectivity index (χ1v) is 6.50. The van der Waals surface area contributed by atoms with E-state index in [1.807, 2.05) is 6.92 Å². The number of hydrogen-bond donors (Lipinski definition) is 2. The molecule has 0 aliphatic carbocycles. The van der Waals surface area contributed by atoms with Gasteiger partial charge in [-0.15, -0.1) is 0 Å². The molecule has 0 fully saturated rings. The molecule has 0 saturated heterocycles. The first kappa shape index (κ1) is 15.5. The van der Waals surface area contributed by atoms with Crippen molar-refractivity contribution in [2.24, 2.45) is 5.73 Å². The van der Waals surface area contributed by atoms with Crippen molar-refractivity contribution in [3.05, 3.63) is 24.0 Å². The minimum absolute atomic E-state index is 0.0640. The van der Waals surface area contributed by atoms with Crippen LogP contribution in [0.25, 0.3) is 0 Å². The molecule has 0 aromatic carbocycles. The van der Waals surface area contributed by atoms with E-state index in [0.29, 0.717) is 24.3 Å². The highest BCUT2D eigenvalue weighted by atomic mass is 16.5. The van der Waals surface area contributed by atoms with Crippen LogP contribution >= 0.6 is 0 Å². The third-order valence-corrected chi connectivity index (χ3v) is 2.75. The van der Waals surface area contributed by atoms with Gasteiger partial charge in [0.25, 0.3) is 5.91 Å². The largest absolute Gasteiger partial charge is 0.481 e. The molecule has 0 spiro atoms. The van der Waals surface area contributed by atoms with E-state index in [4.69, 9.17) is 15.2 Å². The van der Waals surface area contributed by atoms with Gasteiger partial charge < -0.3 is 20.5 Å². The summed E-state index contributed by atoms with van der Waals surface area (Å²) in [6, 6.07) is 4.21. The first-order chi connectivity index (χ1) is 10.5. The number of nitrogens with two attached hydrogens (primary N) is 1. The van der Waals surface area contributed by atoms with Gasteiger partial charge in [-0.25, -0.2) is 0 Å². The van der Waals surface area contributed by atoms with Crippen molar-refractivity contribution < 1.29 is 14.3 Å². The number of carbonyl (C=O) groups is 1. The van der Waals surface area contributed by atoms with E-state index in [1.54, 1.807) is 16.9 Å². The van der Waals surface area contributed by atoms with Gasteiger partial charge >= 0.3 is 0 Å². The molecule has 1 amide bonds. The van der Waals surface area contributed by atoms with E-state index < -0.39 is 5.91 Å². The summed E-state index contributed by atoms with van der Waals surface area (Å²) in [5.74, 6) is 0.546. The summed E-state index contributed by atoms with van der Waals surface area (Å²) in [4.78, 5) is 19.3. The molecule has 3 N–H and O–H groups in total. The number of hydrogen-bond acceptors (Lipinski definition) is 7. The lowest BCUT2D eigenvalue weighted by Gasteiger charge is -2.14. The Hall–Kier alpha value is -2.84. The van der Waals surface area contributed by atoms with Crippen LogP contribution in [0.15, 0.2) is 12.3 Å². The number of aromatic nitrogens is 4. The zero-order chi connectivity index (χ0) is 16.1. The van der Waals surface area contributed by atoms with Crippen LogP contribution < -0.4 is 20.5 Å². The maximum absolute atomic E-state index is 11.0. The van der Waals surface area contributed by atoms with Crippen molar-refractivity contribution in [1.29, 1.82) is 0 Å². The monoisotopic (exact) mass is 305 g/mol. The molecule has 117 valence electrons. The number of carbonyl (C=O) groups excluding carboxylic acids is 1. The van der Waals surface area contributed by atoms with Crippen molar-refractivity contribution in [3.63, 3.8) is 0 Å². The van der Waals surface area contributed by atoms with Crippen LogP contribution in [0.4, 0.5) is 5.95 Å². The molecule has 1 atom stereocenters. The maximum atomic E-state index is 11.0. The zero-order valence-electron chi connectivity index (χ0n) is 12.5.